The molecule has 0 spiro atoms. The molecule has 2 rings (SSSR count). The van der Waals surface area contributed by atoms with Gasteiger partial charge in [0.05, 0.1) is 12.8 Å². The molecule has 0 unspecified atom stereocenters. The Morgan fingerprint density at radius 1 is 1.24 bits per heavy atom. The summed E-state index contributed by atoms with van der Waals surface area (Å²) < 4.78 is 71.3. The van der Waals surface area contributed by atoms with Crippen LogP contribution in [0.4, 0.5) is 25.2 Å². The molecule has 0 saturated heterocycles. The van der Waals surface area contributed by atoms with Gasteiger partial charge in [0, 0.05) is 17.7 Å². The summed E-state index contributed by atoms with van der Waals surface area (Å²) in [6.07, 6.45) is 0.549. The van der Waals surface area contributed by atoms with Crippen LogP contribution < -0.4 is 20.5 Å². The first-order valence-corrected chi connectivity index (χ1v) is 10.1. The van der Waals surface area contributed by atoms with Crippen LogP contribution >= 0.6 is 10.2 Å². The number of Topliss-reactive ketones (excluding diaryl/α,β-unsaturated/α-hetero) is 1. The predicted octanol–water partition coefficient (Wildman–Crippen LogP) is 3.63. The number of nitrogens with two attached hydrogens (primary N) is 1. The number of anilines is 1. The number of methoxy groups -OCH3 is 1. The lowest BCUT2D eigenvalue weighted by molar-refractivity contribution is -0.611. The number of ketones is 1. The van der Waals surface area contributed by atoms with Crippen LogP contribution in [0, 0.1) is 5.41 Å². The molecular weight excluding hydrogens is 421 g/mol. The average Bonchev–Trinajstić information content (AvgIpc) is 2.63. The molecule has 0 aliphatic carbocycles. The largest absolute Gasteiger partial charge is 0.497 e. The highest BCUT2D eigenvalue weighted by atomic mass is 32.5. The molecule has 7 nitrogen and oxygen atoms in total. The number of carbonyl (C=O) groups is 1. The highest BCUT2D eigenvalue weighted by Crippen LogP contribution is 3.02. The second-order valence-corrected chi connectivity index (χ2v) is 8.41. The molecule has 0 radical (unpaired) electrons. The summed E-state index contributed by atoms with van der Waals surface area (Å²) in [5.41, 5.74) is 5.41. The van der Waals surface area contributed by atoms with E-state index in [-0.39, 0.29) is 18.0 Å². The van der Waals surface area contributed by atoms with Gasteiger partial charge < -0.3 is 15.8 Å². The van der Waals surface area contributed by atoms with E-state index < -0.39 is 44.7 Å². The number of benzene rings is 1. The zero-order valence-corrected chi connectivity index (χ0v) is 16.2. The summed E-state index contributed by atoms with van der Waals surface area (Å²) in [5, 5.41) is 14.2. The van der Waals surface area contributed by atoms with Crippen LogP contribution in [0.2, 0.25) is 0 Å². The normalized spacial score (nSPS) is 13.9. The van der Waals surface area contributed by atoms with Crippen LogP contribution in [0.3, 0.4) is 0 Å². The molecule has 4 N–H and O–H groups in total. The number of hydrogen-bond acceptors (Lipinski definition) is 5. The molecule has 1 heterocycles. The van der Waals surface area contributed by atoms with E-state index in [0.717, 1.165) is 17.9 Å². The van der Waals surface area contributed by atoms with Gasteiger partial charge in [-0.15, -0.1) is 9.78 Å². The molecule has 13 heteroatoms. The number of halogens is 5. The lowest BCUT2D eigenvalue weighted by Crippen LogP contribution is -2.53. The van der Waals surface area contributed by atoms with Crippen molar-refractivity contribution < 1.29 is 33.6 Å². The van der Waals surface area contributed by atoms with Crippen LogP contribution in [-0.4, -0.2) is 30.5 Å². The minimum Gasteiger partial charge on any atom is -0.497 e. The lowest BCUT2D eigenvalue weighted by Gasteiger charge is -2.40. The van der Waals surface area contributed by atoms with Crippen LogP contribution in [0.25, 0.3) is 0 Å². The number of aromatic nitrogens is 2. The second-order valence-electron chi connectivity index (χ2n) is 6.00. The van der Waals surface area contributed by atoms with E-state index >= 15 is 0 Å². The van der Waals surface area contributed by atoms with E-state index in [1.807, 2.05) is 6.92 Å². The fourth-order valence-electron chi connectivity index (χ4n) is 2.31. The van der Waals surface area contributed by atoms with Gasteiger partial charge in [-0.25, -0.2) is 0 Å². The van der Waals surface area contributed by atoms with Crippen molar-refractivity contribution in [2.24, 2.45) is 5.73 Å². The highest BCUT2D eigenvalue weighted by Gasteiger charge is 2.65. The monoisotopic (exact) mass is 440 g/mol. The van der Waals surface area contributed by atoms with Crippen molar-refractivity contribution in [3.05, 3.63) is 41.6 Å². The van der Waals surface area contributed by atoms with E-state index in [2.05, 4.69) is 15.2 Å². The Morgan fingerprint density at radius 2 is 1.90 bits per heavy atom. The molecule has 160 valence electrons. The topological polar surface area (TPSA) is 105 Å². The fourth-order valence-corrected chi connectivity index (χ4v) is 3.00. The summed E-state index contributed by atoms with van der Waals surface area (Å²) >= 11 is 0. The molecule has 0 atom stereocenters. The molecule has 0 bridgehead atoms. The molecule has 0 saturated carbocycles. The molecule has 1 aromatic heterocycles. The Bertz CT molecular complexity index is 982. The molecule has 0 amide bonds. The van der Waals surface area contributed by atoms with E-state index in [4.69, 9.17) is 11.1 Å². The Morgan fingerprint density at radius 3 is 2.41 bits per heavy atom. The first kappa shape index (κ1) is 22.3. The van der Waals surface area contributed by atoms with Crippen molar-refractivity contribution in [3.63, 3.8) is 0 Å². The van der Waals surface area contributed by atoms with Crippen molar-refractivity contribution in [2.75, 3.05) is 19.0 Å². The minimum absolute atomic E-state index is 0.0888. The van der Waals surface area contributed by atoms with Gasteiger partial charge in [0.2, 0.25) is 5.82 Å². The Labute approximate surface area is 162 Å². The van der Waals surface area contributed by atoms with Crippen molar-refractivity contribution >= 4 is 27.8 Å². The third-order valence-corrected chi connectivity index (χ3v) is 4.92. The molecule has 1 aromatic carbocycles. The molecule has 0 fully saturated rings. The maximum Gasteiger partial charge on any atom is 0.360 e. The lowest BCUT2D eigenvalue weighted by atomic mass is 10.1. The van der Waals surface area contributed by atoms with Gasteiger partial charge in [-0.2, -0.15) is 5.41 Å². The highest BCUT2D eigenvalue weighted by molar-refractivity contribution is 8.45. The van der Waals surface area contributed by atoms with E-state index in [0.29, 0.717) is 12.1 Å². The molecule has 29 heavy (non-hydrogen) atoms. The number of nitrogens with one attached hydrogen (secondary N) is 2. The second kappa shape index (κ2) is 6.83. The molecular formula is C16H19F5N5O2S+. The van der Waals surface area contributed by atoms with Gasteiger partial charge in [0.25, 0.3) is 0 Å². The zero-order chi connectivity index (χ0) is 22.1. The number of nitrogen functional groups attached to an aromatic ring is 1. The third-order valence-electron chi connectivity index (χ3n) is 3.79. The quantitative estimate of drug-likeness (QED) is 0.201. The maximum absolute atomic E-state index is 13.1. The van der Waals surface area contributed by atoms with E-state index in [9.17, 15) is 24.2 Å². The first-order valence-electron chi connectivity index (χ1n) is 8.11. The van der Waals surface area contributed by atoms with Crippen LogP contribution in [0.5, 0.6) is 5.75 Å². The van der Waals surface area contributed by atoms with Gasteiger partial charge in [-0.1, -0.05) is 26.4 Å². The summed E-state index contributed by atoms with van der Waals surface area (Å²) in [6.45, 7) is 1.26. The number of hydrogen-bond donors (Lipinski definition) is 3. The minimum atomic E-state index is -10.0. The van der Waals surface area contributed by atoms with Crippen LogP contribution in [0.1, 0.15) is 23.0 Å². The van der Waals surface area contributed by atoms with Crippen molar-refractivity contribution in [1.82, 2.24) is 5.10 Å². The fraction of sp³-hybridized carbons (Fsp3) is 0.250. The standard InChI is InChI=1S/C16H18F5N5O2S/c1-3-11-4-5-15(26(25-11)16(22)23)24-9-14(27)10-6-12(28-2)8-13(7-10)29(17,18,19,20)21/h4-8H,3,9H2,1-2H3,(H3,22,23)/p+1. The summed E-state index contributed by atoms with van der Waals surface area (Å²) in [7, 11) is -9.01. The Kier molecular flexibility index (Phi) is 5.26. The number of aryl methyl sites for hydroxylation is 1. The van der Waals surface area contributed by atoms with Gasteiger partial charge in [0.15, 0.2) is 5.78 Å². The van der Waals surface area contributed by atoms with Gasteiger partial charge in [-0.3, -0.25) is 4.79 Å². The van der Waals surface area contributed by atoms with Gasteiger partial charge in [0.1, 0.15) is 17.2 Å². The third kappa shape index (κ3) is 5.53. The molecule has 0 aliphatic rings. The number of ether oxygens (including phenoxy) is 1. The maximum atomic E-state index is 13.1. The first-order chi connectivity index (χ1) is 13.1. The Balaban J connectivity index is 2.34. The molecule has 2 aromatic rings. The SMILES string of the molecule is CCc1ccc(NCC(=O)c2cc(OC)cc(S(F)(F)(F)(F)F)c2)[n+](C(=N)N)n1. The number of nitrogens with zero attached hydrogens (tertiary/aromatic N) is 2. The van der Waals surface area contributed by atoms with Crippen LogP contribution in [-0.2, 0) is 6.42 Å². The van der Waals surface area contributed by atoms with Crippen LogP contribution in [0.15, 0.2) is 35.2 Å². The number of carbonyl (C=O) groups excluding carboxylic acids is 1. The van der Waals surface area contributed by atoms with Gasteiger partial charge >= 0.3 is 16.2 Å². The Hall–Kier alpha value is -2.96. The average molecular weight is 440 g/mol. The predicted molar refractivity (Wildman–Crippen MR) is 98.3 cm³/mol. The van der Waals surface area contributed by atoms with E-state index in [1.54, 1.807) is 6.07 Å². The van der Waals surface area contributed by atoms with Gasteiger partial charge in [-0.05, 0) is 24.6 Å². The summed E-state index contributed by atoms with van der Waals surface area (Å²) in [5.74, 6) is -1.78. The molecule has 0 aliphatic heterocycles. The smallest absolute Gasteiger partial charge is 0.360 e. The van der Waals surface area contributed by atoms with E-state index in [1.165, 1.54) is 6.07 Å². The zero-order valence-electron chi connectivity index (χ0n) is 15.4. The summed E-state index contributed by atoms with van der Waals surface area (Å²) in [6, 6.07) is 4.24. The van der Waals surface area contributed by atoms with Crippen molar-refractivity contribution in [1.29, 1.82) is 5.41 Å². The summed E-state index contributed by atoms with van der Waals surface area (Å²) in [4.78, 5) is 10.1. The van der Waals surface area contributed by atoms with Crippen molar-refractivity contribution in [2.45, 2.75) is 18.2 Å². The van der Waals surface area contributed by atoms with Crippen molar-refractivity contribution in [3.8, 4) is 5.75 Å². The number of rotatable bonds is 7.